The molecular formula is C13H11ClFNOS. The molecule has 2 rings (SSSR count). The van der Waals surface area contributed by atoms with E-state index in [0.29, 0.717) is 11.4 Å². The van der Waals surface area contributed by atoms with Gasteiger partial charge in [0.1, 0.15) is 11.6 Å². The highest BCUT2D eigenvalue weighted by molar-refractivity contribution is 7.98. The molecule has 0 spiro atoms. The predicted octanol–water partition coefficient (Wildman–Crippen LogP) is 4.58. The van der Waals surface area contributed by atoms with Crippen LogP contribution in [0, 0.1) is 5.82 Å². The Labute approximate surface area is 114 Å². The van der Waals surface area contributed by atoms with Gasteiger partial charge in [0.05, 0.1) is 10.7 Å². The van der Waals surface area contributed by atoms with Crippen molar-refractivity contribution >= 4 is 29.1 Å². The molecule has 0 bridgehead atoms. The van der Waals surface area contributed by atoms with Gasteiger partial charge in [0.15, 0.2) is 5.75 Å². The number of ether oxygens (including phenoxy) is 1. The molecule has 2 aromatic carbocycles. The van der Waals surface area contributed by atoms with Gasteiger partial charge < -0.3 is 10.5 Å². The number of rotatable bonds is 3. The molecular weight excluding hydrogens is 273 g/mol. The second-order valence-electron chi connectivity index (χ2n) is 3.58. The molecule has 0 atom stereocenters. The van der Waals surface area contributed by atoms with Crippen LogP contribution in [-0.4, -0.2) is 6.26 Å². The molecule has 0 aliphatic carbocycles. The fourth-order valence-electron chi connectivity index (χ4n) is 1.40. The zero-order valence-electron chi connectivity index (χ0n) is 9.61. The third kappa shape index (κ3) is 2.89. The smallest absolute Gasteiger partial charge is 0.153 e. The van der Waals surface area contributed by atoms with Crippen LogP contribution in [0.1, 0.15) is 0 Å². The first-order valence-electron chi connectivity index (χ1n) is 5.16. The van der Waals surface area contributed by atoms with Crippen LogP contribution in [0.25, 0.3) is 0 Å². The maximum Gasteiger partial charge on any atom is 0.153 e. The van der Waals surface area contributed by atoms with E-state index in [2.05, 4.69) is 0 Å². The van der Waals surface area contributed by atoms with Crippen LogP contribution in [0.15, 0.2) is 41.3 Å². The third-order valence-corrected chi connectivity index (χ3v) is 3.37. The third-order valence-electron chi connectivity index (χ3n) is 2.34. The molecule has 94 valence electrons. The highest BCUT2D eigenvalue weighted by atomic mass is 35.5. The lowest BCUT2D eigenvalue weighted by atomic mass is 10.3. The average Bonchev–Trinajstić information content (AvgIpc) is 2.37. The van der Waals surface area contributed by atoms with Crippen LogP contribution in [-0.2, 0) is 0 Å². The molecule has 0 saturated heterocycles. The SMILES string of the molecule is CSc1ccc(Oc2cc(F)c(Cl)cc2N)cc1. The Hall–Kier alpha value is -1.39. The number of benzene rings is 2. The monoisotopic (exact) mass is 283 g/mol. The fourth-order valence-corrected chi connectivity index (χ4v) is 1.98. The van der Waals surface area contributed by atoms with E-state index in [4.69, 9.17) is 22.1 Å². The number of nitrogen functional groups attached to an aromatic ring is 1. The van der Waals surface area contributed by atoms with Gasteiger partial charge in [-0.1, -0.05) is 11.6 Å². The van der Waals surface area contributed by atoms with Gasteiger partial charge in [0.2, 0.25) is 0 Å². The molecule has 0 heterocycles. The molecule has 0 aliphatic rings. The highest BCUT2D eigenvalue weighted by Gasteiger charge is 2.08. The first kappa shape index (κ1) is 13.1. The number of hydrogen-bond acceptors (Lipinski definition) is 3. The summed E-state index contributed by atoms with van der Waals surface area (Å²) in [5, 5.41) is -0.0161. The Kier molecular flexibility index (Phi) is 3.99. The van der Waals surface area contributed by atoms with Crippen LogP contribution in [0.4, 0.5) is 10.1 Å². The Bertz CT molecular complexity index is 560. The van der Waals surface area contributed by atoms with Gasteiger partial charge in [0.25, 0.3) is 0 Å². The van der Waals surface area contributed by atoms with Crippen molar-refractivity contribution in [2.75, 3.05) is 12.0 Å². The van der Waals surface area contributed by atoms with Crippen LogP contribution < -0.4 is 10.5 Å². The second-order valence-corrected chi connectivity index (χ2v) is 4.87. The molecule has 5 heteroatoms. The summed E-state index contributed by atoms with van der Waals surface area (Å²) in [4.78, 5) is 1.12. The topological polar surface area (TPSA) is 35.2 Å². The maximum atomic E-state index is 13.3. The predicted molar refractivity (Wildman–Crippen MR) is 74.1 cm³/mol. The quantitative estimate of drug-likeness (QED) is 0.662. The number of nitrogens with two attached hydrogens (primary N) is 1. The van der Waals surface area contributed by atoms with Gasteiger partial charge in [-0.2, -0.15) is 0 Å². The minimum Gasteiger partial charge on any atom is -0.455 e. The van der Waals surface area contributed by atoms with Gasteiger partial charge in [-0.25, -0.2) is 4.39 Å². The van der Waals surface area contributed by atoms with Crippen molar-refractivity contribution in [2.45, 2.75) is 4.90 Å². The van der Waals surface area contributed by atoms with Crippen molar-refractivity contribution in [1.29, 1.82) is 0 Å². The molecule has 0 aliphatic heterocycles. The number of hydrogen-bond donors (Lipinski definition) is 1. The second kappa shape index (κ2) is 5.50. The minimum absolute atomic E-state index is 0.0161. The summed E-state index contributed by atoms with van der Waals surface area (Å²) in [5.74, 6) is 0.302. The van der Waals surface area contributed by atoms with E-state index >= 15 is 0 Å². The summed E-state index contributed by atoms with van der Waals surface area (Å²) in [5.41, 5.74) is 6.02. The molecule has 2 nitrogen and oxygen atoms in total. The normalized spacial score (nSPS) is 10.4. The van der Waals surface area contributed by atoms with Crippen molar-refractivity contribution in [3.63, 3.8) is 0 Å². The largest absolute Gasteiger partial charge is 0.455 e. The van der Waals surface area contributed by atoms with Crippen molar-refractivity contribution in [1.82, 2.24) is 0 Å². The molecule has 0 aromatic heterocycles. The summed E-state index contributed by atoms with van der Waals surface area (Å²) >= 11 is 7.25. The number of anilines is 1. The lowest BCUT2D eigenvalue weighted by molar-refractivity contribution is 0.479. The summed E-state index contributed by atoms with van der Waals surface area (Å²) < 4.78 is 18.8. The van der Waals surface area contributed by atoms with Crippen molar-refractivity contribution in [3.8, 4) is 11.5 Å². The highest BCUT2D eigenvalue weighted by Crippen LogP contribution is 2.32. The van der Waals surface area contributed by atoms with Crippen molar-refractivity contribution in [2.24, 2.45) is 0 Å². The van der Waals surface area contributed by atoms with E-state index in [1.54, 1.807) is 23.9 Å². The summed E-state index contributed by atoms with van der Waals surface area (Å²) in [7, 11) is 0. The molecule has 0 amide bonds. The summed E-state index contributed by atoms with van der Waals surface area (Å²) in [6.45, 7) is 0. The maximum absolute atomic E-state index is 13.3. The number of halogens is 2. The van der Waals surface area contributed by atoms with Gasteiger partial charge >= 0.3 is 0 Å². The molecule has 0 fully saturated rings. The van der Waals surface area contributed by atoms with Crippen LogP contribution >= 0.6 is 23.4 Å². The Morgan fingerprint density at radius 3 is 2.50 bits per heavy atom. The first-order chi connectivity index (χ1) is 8.60. The van der Waals surface area contributed by atoms with Gasteiger partial charge in [-0.3, -0.25) is 0 Å². The van der Waals surface area contributed by atoms with Crippen LogP contribution in [0.5, 0.6) is 11.5 Å². The Balaban J connectivity index is 2.25. The Morgan fingerprint density at radius 1 is 1.22 bits per heavy atom. The van der Waals surface area contributed by atoms with Crippen LogP contribution in [0.2, 0.25) is 5.02 Å². The van der Waals surface area contributed by atoms with Crippen LogP contribution in [0.3, 0.4) is 0 Å². The molecule has 0 radical (unpaired) electrons. The van der Waals surface area contributed by atoms with Gasteiger partial charge in [-0.15, -0.1) is 11.8 Å². The van der Waals surface area contributed by atoms with E-state index in [1.165, 1.54) is 12.1 Å². The van der Waals surface area contributed by atoms with Crippen molar-refractivity contribution < 1.29 is 9.13 Å². The minimum atomic E-state index is -0.554. The van der Waals surface area contributed by atoms with Gasteiger partial charge in [0, 0.05) is 11.0 Å². The van der Waals surface area contributed by atoms with Crippen molar-refractivity contribution in [3.05, 3.63) is 47.2 Å². The Morgan fingerprint density at radius 2 is 1.89 bits per heavy atom. The van der Waals surface area contributed by atoms with E-state index in [0.717, 1.165) is 4.90 Å². The summed E-state index contributed by atoms with van der Waals surface area (Å²) in [6, 6.07) is 9.96. The summed E-state index contributed by atoms with van der Waals surface area (Å²) in [6.07, 6.45) is 1.99. The van der Waals surface area contributed by atoms with E-state index in [9.17, 15) is 4.39 Å². The lowest BCUT2D eigenvalue weighted by Gasteiger charge is -2.09. The van der Waals surface area contributed by atoms with E-state index in [1.807, 2.05) is 18.4 Å². The molecule has 2 aromatic rings. The standard InChI is InChI=1S/C13H11ClFNOS/c1-18-9-4-2-8(3-5-9)17-13-7-11(15)10(14)6-12(13)16/h2-7H,16H2,1H3. The molecule has 0 saturated carbocycles. The molecule has 0 unspecified atom stereocenters. The lowest BCUT2D eigenvalue weighted by Crippen LogP contribution is -1.93. The van der Waals surface area contributed by atoms with E-state index in [-0.39, 0.29) is 10.8 Å². The van der Waals surface area contributed by atoms with Gasteiger partial charge in [-0.05, 0) is 36.6 Å². The van der Waals surface area contributed by atoms with E-state index < -0.39 is 5.82 Å². The zero-order valence-corrected chi connectivity index (χ0v) is 11.2. The molecule has 2 N–H and O–H groups in total. The number of thioether (sulfide) groups is 1. The zero-order chi connectivity index (χ0) is 13.1. The average molecular weight is 284 g/mol. The fraction of sp³-hybridized carbons (Fsp3) is 0.0769. The first-order valence-corrected chi connectivity index (χ1v) is 6.77. The molecule has 18 heavy (non-hydrogen) atoms.